The third-order valence-corrected chi connectivity index (χ3v) is 5.43. The predicted octanol–water partition coefficient (Wildman–Crippen LogP) is 4.10. The molecule has 0 radical (unpaired) electrons. The van der Waals surface area contributed by atoms with Gasteiger partial charge in [0.2, 0.25) is 0 Å². The van der Waals surface area contributed by atoms with Gasteiger partial charge in [-0.3, -0.25) is 4.79 Å². The monoisotopic (exact) mass is 365 g/mol. The van der Waals surface area contributed by atoms with Gasteiger partial charge in [0.1, 0.15) is 17.7 Å². The lowest BCUT2D eigenvalue weighted by Gasteiger charge is -2.06. The summed E-state index contributed by atoms with van der Waals surface area (Å²) < 4.78 is 26.4. The molecule has 7 heteroatoms. The molecule has 0 bridgehead atoms. The Balaban J connectivity index is 1.64. The molecule has 3 nitrogen and oxygen atoms in total. The Bertz CT molecular complexity index is 846. The van der Waals surface area contributed by atoms with E-state index in [2.05, 4.69) is 5.32 Å². The van der Waals surface area contributed by atoms with Crippen LogP contribution in [0.3, 0.4) is 0 Å². The van der Waals surface area contributed by atoms with E-state index < -0.39 is 23.6 Å². The normalized spacial score (nSPS) is 12.1. The molecule has 3 rings (SSSR count). The summed E-state index contributed by atoms with van der Waals surface area (Å²) in [6.45, 7) is 0.206. The molecule has 0 saturated carbocycles. The maximum Gasteiger partial charge on any atom is 0.254 e. The molecule has 2 N–H and O–H groups in total. The Labute approximate surface area is 145 Å². The Morgan fingerprint density at radius 1 is 1.17 bits per heavy atom. The number of halogens is 2. The molecular weight excluding hydrogens is 352 g/mol. The van der Waals surface area contributed by atoms with E-state index in [9.17, 15) is 18.7 Å². The second kappa shape index (κ2) is 7.21. The van der Waals surface area contributed by atoms with E-state index in [4.69, 9.17) is 0 Å². The minimum atomic E-state index is -0.896. The number of aliphatic hydroxyl groups excluding tert-OH is 1. The minimum absolute atomic E-state index is 0.202. The topological polar surface area (TPSA) is 49.3 Å². The number of benzene rings is 1. The Morgan fingerprint density at radius 2 is 2.00 bits per heavy atom. The second-order valence-electron chi connectivity index (χ2n) is 5.03. The van der Waals surface area contributed by atoms with Crippen LogP contribution in [0.25, 0.3) is 0 Å². The van der Waals surface area contributed by atoms with Crippen molar-refractivity contribution in [2.45, 2.75) is 12.6 Å². The molecule has 0 fully saturated rings. The van der Waals surface area contributed by atoms with Crippen LogP contribution in [0.2, 0.25) is 0 Å². The van der Waals surface area contributed by atoms with Crippen molar-refractivity contribution in [1.82, 2.24) is 5.32 Å². The van der Waals surface area contributed by atoms with Gasteiger partial charge in [-0.25, -0.2) is 8.78 Å². The average Bonchev–Trinajstić information content (AvgIpc) is 3.24. The number of carbonyl (C=O) groups excluding carboxylic acids is 1. The first-order valence-electron chi connectivity index (χ1n) is 7.08. The lowest BCUT2D eigenvalue weighted by molar-refractivity contribution is 0.0947. The van der Waals surface area contributed by atoms with Crippen LogP contribution in [0.4, 0.5) is 8.78 Å². The first-order valence-corrected chi connectivity index (χ1v) is 8.77. The molecule has 1 atom stereocenters. The van der Waals surface area contributed by atoms with Gasteiger partial charge < -0.3 is 10.4 Å². The summed E-state index contributed by atoms with van der Waals surface area (Å²) >= 11 is 2.84. The summed E-state index contributed by atoms with van der Waals surface area (Å²) in [5, 5.41) is 14.7. The molecule has 0 aliphatic heterocycles. The summed E-state index contributed by atoms with van der Waals surface area (Å²) in [6, 6.07) is 10.2. The third kappa shape index (κ3) is 3.69. The van der Waals surface area contributed by atoms with Crippen molar-refractivity contribution < 1.29 is 18.7 Å². The number of hydrogen-bond acceptors (Lipinski definition) is 4. The molecule has 0 aliphatic rings. The van der Waals surface area contributed by atoms with Crippen molar-refractivity contribution >= 4 is 28.6 Å². The van der Waals surface area contributed by atoms with Gasteiger partial charge in [0.15, 0.2) is 0 Å². The van der Waals surface area contributed by atoms with E-state index >= 15 is 0 Å². The van der Waals surface area contributed by atoms with Crippen molar-refractivity contribution in [2.24, 2.45) is 0 Å². The Kier molecular flexibility index (Phi) is 5.03. The highest BCUT2D eigenvalue weighted by molar-refractivity contribution is 7.12. The molecule has 24 heavy (non-hydrogen) atoms. The minimum Gasteiger partial charge on any atom is -0.382 e. The van der Waals surface area contributed by atoms with E-state index in [1.54, 1.807) is 12.1 Å². The smallest absolute Gasteiger partial charge is 0.254 e. The number of aliphatic hydroxyl groups is 1. The highest BCUT2D eigenvalue weighted by Crippen LogP contribution is 2.30. The molecule has 0 aliphatic carbocycles. The Hall–Kier alpha value is -2.09. The van der Waals surface area contributed by atoms with Gasteiger partial charge in [-0.15, -0.1) is 22.7 Å². The largest absolute Gasteiger partial charge is 0.382 e. The highest BCUT2D eigenvalue weighted by Gasteiger charge is 2.15. The van der Waals surface area contributed by atoms with Gasteiger partial charge in [-0.2, -0.15) is 0 Å². The zero-order valence-electron chi connectivity index (χ0n) is 12.3. The summed E-state index contributed by atoms with van der Waals surface area (Å²) in [5.41, 5.74) is -0.202. The van der Waals surface area contributed by atoms with Gasteiger partial charge in [-0.05, 0) is 35.7 Å². The second-order valence-corrected chi connectivity index (χ2v) is 7.21. The van der Waals surface area contributed by atoms with Gasteiger partial charge in [0, 0.05) is 20.7 Å². The summed E-state index contributed by atoms with van der Waals surface area (Å²) in [6.07, 6.45) is -0.686. The summed E-state index contributed by atoms with van der Waals surface area (Å²) in [5.74, 6) is -2.23. The van der Waals surface area contributed by atoms with Gasteiger partial charge in [0.05, 0.1) is 12.1 Å². The number of rotatable bonds is 5. The van der Waals surface area contributed by atoms with Crippen LogP contribution in [-0.2, 0) is 6.54 Å². The maximum absolute atomic E-state index is 13.6. The molecule has 0 saturated heterocycles. The van der Waals surface area contributed by atoms with E-state index in [0.29, 0.717) is 6.07 Å². The zero-order chi connectivity index (χ0) is 17.1. The van der Waals surface area contributed by atoms with Crippen LogP contribution in [0.5, 0.6) is 0 Å². The maximum atomic E-state index is 13.6. The fourth-order valence-corrected chi connectivity index (χ4v) is 3.92. The van der Waals surface area contributed by atoms with Crippen LogP contribution >= 0.6 is 22.7 Å². The molecule has 124 valence electrons. The Morgan fingerprint density at radius 3 is 2.71 bits per heavy atom. The standard InChI is InChI=1S/C17H13F2NO2S2/c18-10-3-5-12(13(19)8-10)17(22)20-9-11-4-6-15(24-11)16(21)14-2-1-7-23-14/h1-8,16,21H,9H2,(H,20,22). The van der Waals surface area contributed by atoms with Crippen molar-refractivity contribution in [1.29, 1.82) is 0 Å². The van der Waals surface area contributed by atoms with Crippen molar-refractivity contribution in [3.8, 4) is 0 Å². The van der Waals surface area contributed by atoms with Crippen LogP contribution in [0.15, 0.2) is 47.8 Å². The fraction of sp³-hybridized carbons (Fsp3) is 0.118. The molecule has 3 aromatic rings. The molecule has 2 heterocycles. The van der Waals surface area contributed by atoms with Gasteiger partial charge in [0.25, 0.3) is 5.91 Å². The highest BCUT2D eigenvalue weighted by atomic mass is 32.1. The number of hydrogen-bond donors (Lipinski definition) is 2. The molecular formula is C17H13F2NO2S2. The van der Waals surface area contributed by atoms with Crippen LogP contribution in [0, 0.1) is 11.6 Å². The number of amides is 1. The van der Waals surface area contributed by atoms with Crippen LogP contribution in [0.1, 0.15) is 31.1 Å². The van der Waals surface area contributed by atoms with Gasteiger partial charge in [-0.1, -0.05) is 6.07 Å². The number of nitrogens with one attached hydrogen (secondary N) is 1. The molecule has 1 amide bonds. The summed E-state index contributed by atoms with van der Waals surface area (Å²) in [4.78, 5) is 14.4. The fourth-order valence-electron chi connectivity index (χ4n) is 2.16. The number of carbonyl (C=O) groups is 1. The molecule has 1 unspecified atom stereocenters. The zero-order valence-corrected chi connectivity index (χ0v) is 14.0. The third-order valence-electron chi connectivity index (χ3n) is 3.36. The quantitative estimate of drug-likeness (QED) is 0.715. The van der Waals surface area contributed by atoms with Crippen molar-refractivity contribution in [3.05, 3.63) is 79.7 Å². The molecule has 2 aromatic heterocycles. The number of thiophene rings is 2. The average molecular weight is 365 g/mol. The van der Waals surface area contributed by atoms with E-state index in [1.165, 1.54) is 22.7 Å². The summed E-state index contributed by atoms with van der Waals surface area (Å²) in [7, 11) is 0. The van der Waals surface area contributed by atoms with Crippen molar-refractivity contribution in [3.63, 3.8) is 0 Å². The van der Waals surface area contributed by atoms with Gasteiger partial charge >= 0.3 is 0 Å². The van der Waals surface area contributed by atoms with Crippen LogP contribution < -0.4 is 5.32 Å². The molecule has 0 spiro atoms. The lowest BCUT2D eigenvalue weighted by Crippen LogP contribution is -2.23. The first kappa shape index (κ1) is 16.8. The SMILES string of the molecule is O=C(NCc1ccc(C(O)c2cccs2)s1)c1ccc(F)cc1F. The molecule has 1 aromatic carbocycles. The lowest BCUT2D eigenvalue weighted by atomic mass is 10.2. The van der Waals surface area contributed by atoms with E-state index in [-0.39, 0.29) is 12.1 Å². The van der Waals surface area contributed by atoms with Crippen molar-refractivity contribution in [2.75, 3.05) is 0 Å². The van der Waals surface area contributed by atoms with E-state index in [0.717, 1.165) is 26.8 Å². The first-order chi connectivity index (χ1) is 11.5. The predicted molar refractivity (Wildman–Crippen MR) is 90.2 cm³/mol. The van der Waals surface area contributed by atoms with E-state index in [1.807, 2.05) is 17.5 Å². The van der Waals surface area contributed by atoms with Crippen LogP contribution in [-0.4, -0.2) is 11.0 Å².